The standard InChI is InChI=1S/C19H24N3/c1-14-9-10-15(2)17(13-14)18-7-6-8-19(21(18)5)22-12-11-20(4)16(22)3/h6-13,16H,1-5H3/q+1/t16-/m1/s1. The number of aryl methyl sites for hydroxylation is 2. The van der Waals surface area contributed by atoms with Crippen molar-refractivity contribution in [2.75, 3.05) is 11.9 Å². The van der Waals surface area contributed by atoms with Crippen LogP contribution in [0, 0.1) is 13.8 Å². The summed E-state index contributed by atoms with van der Waals surface area (Å²) >= 11 is 0. The third-order valence-corrected chi connectivity index (χ3v) is 4.59. The molecule has 0 bridgehead atoms. The van der Waals surface area contributed by atoms with Gasteiger partial charge in [0.1, 0.15) is 11.9 Å². The van der Waals surface area contributed by atoms with Gasteiger partial charge in [-0.25, -0.2) is 9.47 Å². The average molecular weight is 294 g/mol. The van der Waals surface area contributed by atoms with Crippen LogP contribution in [-0.2, 0) is 7.05 Å². The van der Waals surface area contributed by atoms with Crippen LogP contribution in [0.1, 0.15) is 18.1 Å². The normalized spacial score (nSPS) is 17.4. The first kappa shape index (κ1) is 14.6. The molecule has 0 saturated heterocycles. The summed E-state index contributed by atoms with van der Waals surface area (Å²) in [6.07, 6.45) is 4.60. The minimum atomic E-state index is 0.333. The summed E-state index contributed by atoms with van der Waals surface area (Å²) in [5.41, 5.74) is 5.14. The highest BCUT2D eigenvalue weighted by atomic mass is 15.4. The summed E-state index contributed by atoms with van der Waals surface area (Å²) in [5, 5.41) is 0. The van der Waals surface area contributed by atoms with E-state index >= 15 is 0 Å². The molecule has 0 aliphatic carbocycles. The van der Waals surface area contributed by atoms with Crippen molar-refractivity contribution in [2.24, 2.45) is 7.05 Å². The van der Waals surface area contributed by atoms with Gasteiger partial charge in [0.25, 0.3) is 5.82 Å². The van der Waals surface area contributed by atoms with E-state index in [-0.39, 0.29) is 0 Å². The Labute approximate surface area is 133 Å². The van der Waals surface area contributed by atoms with Crippen LogP contribution in [0.15, 0.2) is 48.8 Å². The molecule has 0 amide bonds. The van der Waals surface area contributed by atoms with Crippen LogP contribution in [-0.4, -0.2) is 18.1 Å². The molecule has 2 heterocycles. The fourth-order valence-electron chi connectivity index (χ4n) is 3.00. The Morgan fingerprint density at radius 3 is 2.50 bits per heavy atom. The highest BCUT2D eigenvalue weighted by Gasteiger charge is 2.30. The van der Waals surface area contributed by atoms with E-state index in [1.54, 1.807) is 0 Å². The van der Waals surface area contributed by atoms with E-state index in [0.717, 1.165) is 0 Å². The number of hydrogen-bond acceptors (Lipinski definition) is 2. The summed E-state index contributed by atoms with van der Waals surface area (Å²) in [4.78, 5) is 4.51. The predicted octanol–water partition coefficient (Wildman–Crippen LogP) is 3.36. The molecule has 3 nitrogen and oxygen atoms in total. The monoisotopic (exact) mass is 294 g/mol. The van der Waals surface area contributed by atoms with Crippen LogP contribution in [0.25, 0.3) is 11.3 Å². The second kappa shape index (κ2) is 5.48. The molecule has 1 aromatic carbocycles. The van der Waals surface area contributed by atoms with Crippen LogP contribution < -0.4 is 9.47 Å². The fourth-order valence-corrected chi connectivity index (χ4v) is 3.00. The molecule has 0 saturated carbocycles. The van der Waals surface area contributed by atoms with E-state index in [4.69, 9.17) is 0 Å². The molecule has 0 spiro atoms. The average Bonchev–Trinajstić information content (AvgIpc) is 2.82. The maximum Gasteiger partial charge on any atom is 0.283 e. The zero-order valence-electron chi connectivity index (χ0n) is 14.0. The van der Waals surface area contributed by atoms with E-state index in [2.05, 4.69) is 98.0 Å². The fraction of sp³-hybridized carbons (Fsp3) is 0.316. The van der Waals surface area contributed by atoms with Gasteiger partial charge >= 0.3 is 0 Å². The molecule has 2 aromatic rings. The number of benzene rings is 1. The zero-order valence-corrected chi connectivity index (χ0v) is 14.0. The smallest absolute Gasteiger partial charge is 0.283 e. The maximum atomic E-state index is 2.30. The Balaban J connectivity index is 2.10. The largest absolute Gasteiger partial charge is 0.339 e. The molecule has 3 heteroatoms. The molecule has 1 aliphatic rings. The minimum absolute atomic E-state index is 0.333. The lowest BCUT2D eigenvalue weighted by atomic mass is 10.0. The van der Waals surface area contributed by atoms with Gasteiger partial charge in [0.05, 0.1) is 7.05 Å². The number of hydrogen-bond donors (Lipinski definition) is 0. The summed E-state index contributed by atoms with van der Waals surface area (Å²) < 4.78 is 2.28. The number of nitrogens with zero attached hydrogens (tertiary/aromatic N) is 3. The lowest BCUT2D eigenvalue weighted by Gasteiger charge is -2.22. The Bertz CT molecular complexity index is 733. The molecule has 0 radical (unpaired) electrons. The summed E-state index contributed by atoms with van der Waals surface area (Å²) in [5.74, 6) is 1.20. The second-order valence-corrected chi connectivity index (χ2v) is 6.15. The Kier molecular flexibility index (Phi) is 3.65. The lowest BCUT2D eigenvalue weighted by Crippen LogP contribution is -2.43. The van der Waals surface area contributed by atoms with Gasteiger partial charge in [0.2, 0.25) is 0 Å². The van der Waals surface area contributed by atoms with Crippen LogP contribution in [0.3, 0.4) is 0 Å². The highest BCUT2D eigenvalue weighted by Crippen LogP contribution is 2.25. The second-order valence-electron chi connectivity index (χ2n) is 6.15. The molecule has 22 heavy (non-hydrogen) atoms. The zero-order chi connectivity index (χ0) is 15.9. The maximum absolute atomic E-state index is 2.30. The van der Waals surface area contributed by atoms with Crippen molar-refractivity contribution in [2.45, 2.75) is 26.9 Å². The van der Waals surface area contributed by atoms with Gasteiger partial charge in [0, 0.05) is 24.9 Å². The van der Waals surface area contributed by atoms with Gasteiger partial charge in [-0.1, -0.05) is 17.7 Å². The van der Waals surface area contributed by atoms with Crippen molar-refractivity contribution in [3.05, 3.63) is 59.9 Å². The van der Waals surface area contributed by atoms with Gasteiger partial charge in [-0.3, -0.25) is 0 Å². The van der Waals surface area contributed by atoms with Gasteiger partial charge < -0.3 is 4.90 Å². The summed E-state index contributed by atoms with van der Waals surface area (Å²) in [7, 11) is 4.25. The van der Waals surface area contributed by atoms with Crippen molar-refractivity contribution in [3.63, 3.8) is 0 Å². The van der Waals surface area contributed by atoms with E-state index in [1.165, 1.54) is 28.2 Å². The Morgan fingerprint density at radius 2 is 1.82 bits per heavy atom. The first-order valence-electron chi connectivity index (χ1n) is 7.74. The number of rotatable bonds is 2. The summed E-state index contributed by atoms with van der Waals surface area (Å²) in [6, 6.07) is 13.1. The van der Waals surface area contributed by atoms with E-state index in [0.29, 0.717) is 6.17 Å². The van der Waals surface area contributed by atoms with Gasteiger partial charge in [-0.05, 0) is 44.5 Å². The van der Waals surface area contributed by atoms with Crippen LogP contribution >= 0.6 is 0 Å². The molecule has 3 rings (SSSR count). The third-order valence-electron chi connectivity index (χ3n) is 4.59. The molecule has 0 unspecified atom stereocenters. The molecule has 114 valence electrons. The quantitative estimate of drug-likeness (QED) is 0.786. The number of anilines is 1. The van der Waals surface area contributed by atoms with Crippen molar-refractivity contribution in [1.29, 1.82) is 0 Å². The van der Waals surface area contributed by atoms with E-state index in [9.17, 15) is 0 Å². The predicted molar refractivity (Wildman–Crippen MR) is 91.4 cm³/mol. The van der Waals surface area contributed by atoms with Crippen LogP contribution in [0.5, 0.6) is 0 Å². The van der Waals surface area contributed by atoms with Crippen LogP contribution in [0.2, 0.25) is 0 Å². The minimum Gasteiger partial charge on any atom is -0.339 e. The van der Waals surface area contributed by atoms with Crippen LogP contribution in [0.4, 0.5) is 5.82 Å². The molecular weight excluding hydrogens is 270 g/mol. The first-order valence-corrected chi connectivity index (χ1v) is 7.74. The molecular formula is C19H24N3+. The third kappa shape index (κ3) is 2.37. The number of pyridine rings is 1. The number of aromatic nitrogens is 1. The van der Waals surface area contributed by atoms with E-state index in [1.807, 2.05) is 0 Å². The summed E-state index contributed by atoms with van der Waals surface area (Å²) in [6.45, 7) is 6.53. The highest BCUT2D eigenvalue weighted by molar-refractivity contribution is 5.63. The van der Waals surface area contributed by atoms with Gasteiger partial charge in [-0.2, -0.15) is 0 Å². The van der Waals surface area contributed by atoms with Crippen molar-refractivity contribution in [1.82, 2.24) is 4.90 Å². The molecule has 0 N–H and O–H groups in total. The first-order chi connectivity index (χ1) is 10.5. The van der Waals surface area contributed by atoms with Gasteiger partial charge in [-0.15, -0.1) is 0 Å². The topological polar surface area (TPSA) is 10.4 Å². The Hall–Kier alpha value is -2.29. The Morgan fingerprint density at radius 1 is 1.05 bits per heavy atom. The van der Waals surface area contributed by atoms with Crippen molar-refractivity contribution < 1.29 is 4.57 Å². The molecule has 1 atom stereocenters. The SMILES string of the molecule is Cc1ccc(C)c(-c2cccc(N3C=CN(C)[C@H]3C)[n+]2C)c1. The van der Waals surface area contributed by atoms with Gasteiger partial charge in [0.15, 0.2) is 6.17 Å². The van der Waals surface area contributed by atoms with E-state index < -0.39 is 0 Å². The van der Waals surface area contributed by atoms with Crippen molar-refractivity contribution in [3.8, 4) is 11.3 Å². The lowest BCUT2D eigenvalue weighted by molar-refractivity contribution is -0.647. The molecule has 0 fully saturated rings. The molecule has 1 aromatic heterocycles. The van der Waals surface area contributed by atoms with Crippen molar-refractivity contribution >= 4 is 5.82 Å². The molecule has 1 aliphatic heterocycles.